The summed E-state index contributed by atoms with van der Waals surface area (Å²) >= 11 is 0. The summed E-state index contributed by atoms with van der Waals surface area (Å²) < 4.78 is 10.3. The molecule has 0 saturated carbocycles. The lowest BCUT2D eigenvalue weighted by Crippen LogP contribution is -2.38. The first-order valence-corrected chi connectivity index (χ1v) is 3.83. The molecule has 0 bridgehead atoms. The normalized spacial score (nSPS) is 28.4. The zero-order valence-corrected chi connectivity index (χ0v) is 6.40. The minimum absolute atomic E-state index is 0.0129. The molecule has 1 aliphatic heterocycles. The molecule has 4 heteroatoms. The Kier molecular flexibility index (Phi) is 3.79. The number of ether oxygens (including phenoxy) is 2. The van der Waals surface area contributed by atoms with Crippen molar-refractivity contribution >= 4 is 0 Å². The van der Waals surface area contributed by atoms with Crippen LogP contribution >= 0.6 is 0 Å². The third-order valence-corrected chi connectivity index (χ3v) is 1.70. The van der Waals surface area contributed by atoms with Crippen molar-refractivity contribution in [2.45, 2.75) is 18.6 Å². The van der Waals surface area contributed by atoms with E-state index in [2.05, 4.69) is 0 Å². The Labute approximate surface area is 65.7 Å². The van der Waals surface area contributed by atoms with Crippen LogP contribution in [-0.2, 0) is 9.47 Å². The van der Waals surface area contributed by atoms with E-state index in [0.717, 1.165) is 0 Å². The molecule has 0 amide bonds. The van der Waals surface area contributed by atoms with Gasteiger partial charge in [-0.05, 0) is 6.42 Å². The van der Waals surface area contributed by atoms with Crippen LogP contribution in [0.5, 0.6) is 0 Å². The first-order chi connectivity index (χ1) is 5.34. The van der Waals surface area contributed by atoms with Gasteiger partial charge in [0.05, 0.1) is 25.9 Å². The maximum absolute atomic E-state index is 9.31. The second-order valence-corrected chi connectivity index (χ2v) is 2.56. The van der Waals surface area contributed by atoms with Gasteiger partial charge in [-0.15, -0.1) is 0 Å². The summed E-state index contributed by atoms with van der Waals surface area (Å²) in [7, 11) is 0. The third kappa shape index (κ3) is 2.75. The fraction of sp³-hybridized carbons (Fsp3) is 1.00. The molecule has 1 rings (SSSR count). The van der Waals surface area contributed by atoms with Crippen LogP contribution in [0.15, 0.2) is 0 Å². The molecule has 0 aliphatic carbocycles. The summed E-state index contributed by atoms with van der Waals surface area (Å²) in [5.74, 6) is 0. The van der Waals surface area contributed by atoms with Crippen molar-refractivity contribution in [3.63, 3.8) is 0 Å². The standard InChI is InChI=1S/C7H14O4/c8-2-1-6(9)7-5-10-3-4-11-7/h6-9H,1-5H2. The molecule has 0 spiro atoms. The van der Waals surface area contributed by atoms with Crippen molar-refractivity contribution in [3.8, 4) is 0 Å². The molecule has 1 heterocycles. The quantitative estimate of drug-likeness (QED) is 0.567. The van der Waals surface area contributed by atoms with Gasteiger partial charge in [0.2, 0.25) is 0 Å². The molecular formula is C7H14O4. The Morgan fingerprint density at radius 2 is 2.27 bits per heavy atom. The van der Waals surface area contributed by atoms with Crippen molar-refractivity contribution in [2.75, 3.05) is 26.4 Å². The van der Waals surface area contributed by atoms with Crippen LogP contribution in [0, 0.1) is 0 Å². The van der Waals surface area contributed by atoms with Crippen molar-refractivity contribution in [1.29, 1.82) is 0 Å². The van der Waals surface area contributed by atoms with E-state index in [9.17, 15) is 5.11 Å². The summed E-state index contributed by atoms with van der Waals surface area (Å²) in [6.45, 7) is 1.55. The van der Waals surface area contributed by atoms with Crippen LogP contribution < -0.4 is 0 Å². The Hall–Kier alpha value is -0.160. The second-order valence-electron chi connectivity index (χ2n) is 2.56. The molecule has 2 N–H and O–H groups in total. The Morgan fingerprint density at radius 1 is 1.45 bits per heavy atom. The van der Waals surface area contributed by atoms with Crippen LogP contribution in [0.3, 0.4) is 0 Å². The molecule has 2 unspecified atom stereocenters. The number of rotatable bonds is 3. The van der Waals surface area contributed by atoms with Crippen LogP contribution in [0.25, 0.3) is 0 Å². The Bertz CT molecular complexity index is 101. The van der Waals surface area contributed by atoms with E-state index in [0.29, 0.717) is 26.2 Å². The molecule has 0 aromatic carbocycles. The minimum atomic E-state index is -0.597. The molecule has 1 fully saturated rings. The lowest BCUT2D eigenvalue weighted by Gasteiger charge is -2.26. The van der Waals surface area contributed by atoms with Gasteiger partial charge in [0, 0.05) is 6.61 Å². The van der Waals surface area contributed by atoms with Crippen LogP contribution in [0.4, 0.5) is 0 Å². The highest BCUT2D eigenvalue weighted by Crippen LogP contribution is 2.07. The van der Waals surface area contributed by atoms with Crippen LogP contribution in [-0.4, -0.2) is 48.8 Å². The zero-order chi connectivity index (χ0) is 8.10. The summed E-state index contributed by atoms with van der Waals surface area (Å²) in [4.78, 5) is 0. The highest BCUT2D eigenvalue weighted by atomic mass is 16.6. The molecule has 1 aliphatic rings. The molecule has 11 heavy (non-hydrogen) atoms. The first-order valence-electron chi connectivity index (χ1n) is 3.83. The van der Waals surface area contributed by atoms with Crippen LogP contribution in [0.2, 0.25) is 0 Å². The maximum Gasteiger partial charge on any atom is 0.107 e. The molecule has 0 aromatic heterocycles. The largest absolute Gasteiger partial charge is 0.396 e. The predicted molar refractivity (Wildman–Crippen MR) is 38.3 cm³/mol. The third-order valence-electron chi connectivity index (χ3n) is 1.70. The van der Waals surface area contributed by atoms with Crippen molar-refractivity contribution in [1.82, 2.24) is 0 Å². The van der Waals surface area contributed by atoms with E-state index in [4.69, 9.17) is 14.6 Å². The van der Waals surface area contributed by atoms with E-state index in [1.807, 2.05) is 0 Å². The molecular weight excluding hydrogens is 148 g/mol. The maximum atomic E-state index is 9.31. The van der Waals surface area contributed by atoms with Gasteiger partial charge in [0.25, 0.3) is 0 Å². The minimum Gasteiger partial charge on any atom is -0.396 e. The SMILES string of the molecule is OCCC(O)C1COCCO1. The van der Waals surface area contributed by atoms with Gasteiger partial charge in [-0.3, -0.25) is 0 Å². The number of hydrogen-bond donors (Lipinski definition) is 2. The summed E-state index contributed by atoms with van der Waals surface area (Å²) in [6.07, 6.45) is -0.496. The molecule has 4 nitrogen and oxygen atoms in total. The van der Waals surface area contributed by atoms with Gasteiger partial charge >= 0.3 is 0 Å². The molecule has 0 radical (unpaired) electrons. The average molecular weight is 162 g/mol. The Balaban J connectivity index is 2.21. The lowest BCUT2D eigenvalue weighted by molar-refractivity contribution is -0.135. The van der Waals surface area contributed by atoms with Gasteiger partial charge in [0.1, 0.15) is 6.10 Å². The van der Waals surface area contributed by atoms with E-state index < -0.39 is 6.10 Å². The average Bonchev–Trinajstić information content (AvgIpc) is 2.07. The lowest BCUT2D eigenvalue weighted by atomic mass is 10.1. The number of aliphatic hydroxyl groups excluding tert-OH is 2. The van der Waals surface area contributed by atoms with E-state index >= 15 is 0 Å². The molecule has 1 saturated heterocycles. The van der Waals surface area contributed by atoms with E-state index in [-0.39, 0.29) is 12.7 Å². The van der Waals surface area contributed by atoms with Gasteiger partial charge in [0.15, 0.2) is 0 Å². The summed E-state index contributed by atoms with van der Waals surface area (Å²) in [6, 6.07) is 0. The van der Waals surface area contributed by atoms with Crippen molar-refractivity contribution in [3.05, 3.63) is 0 Å². The monoisotopic (exact) mass is 162 g/mol. The zero-order valence-electron chi connectivity index (χ0n) is 6.40. The fourth-order valence-corrected chi connectivity index (χ4v) is 1.05. The van der Waals surface area contributed by atoms with Gasteiger partial charge in [-0.2, -0.15) is 0 Å². The van der Waals surface area contributed by atoms with E-state index in [1.165, 1.54) is 0 Å². The predicted octanol–water partition coefficient (Wildman–Crippen LogP) is -0.855. The van der Waals surface area contributed by atoms with Gasteiger partial charge in [-0.1, -0.05) is 0 Å². The molecule has 66 valence electrons. The van der Waals surface area contributed by atoms with Gasteiger partial charge in [-0.25, -0.2) is 0 Å². The molecule has 0 aromatic rings. The van der Waals surface area contributed by atoms with Crippen LogP contribution in [0.1, 0.15) is 6.42 Å². The highest BCUT2D eigenvalue weighted by Gasteiger charge is 2.22. The first kappa shape index (κ1) is 8.93. The summed E-state index contributed by atoms with van der Waals surface area (Å²) in [5, 5.41) is 17.8. The highest BCUT2D eigenvalue weighted by molar-refractivity contribution is 4.70. The molecule has 2 atom stereocenters. The number of hydrogen-bond acceptors (Lipinski definition) is 4. The Morgan fingerprint density at radius 3 is 2.82 bits per heavy atom. The van der Waals surface area contributed by atoms with Gasteiger partial charge < -0.3 is 19.7 Å². The number of aliphatic hydroxyl groups is 2. The van der Waals surface area contributed by atoms with Crippen molar-refractivity contribution in [2.24, 2.45) is 0 Å². The van der Waals surface area contributed by atoms with E-state index in [1.54, 1.807) is 0 Å². The smallest absolute Gasteiger partial charge is 0.107 e. The summed E-state index contributed by atoms with van der Waals surface area (Å²) in [5.41, 5.74) is 0. The van der Waals surface area contributed by atoms with Crippen molar-refractivity contribution < 1.29 is 19.7 Å². The second kappa shape index (κ2) is 4.66. The topological polar surface area (TPSA) is 58.9 Å². The fourth-order valence-electron chi connectivity index (χ4n) is 1.05.